The van der Waals surface area contributed by atoms with E-state index in [-0.39, 0.29) is 0 Å². The Morgan fingerprint density at radius 2 is 0.735 bits per heavy atom. The number of benzene rings is 10. The van der Waals surface area contributed by atoms with Gasteiger partial charge < -0.3 is 0 Å². The molecule has 2 aliphatic carbocycles. The number of fused-ring (bicyclic) bond motifs is 6. The van der Waals surface area contributed by atoms with Crippen LogP contribution >= 0.6 is 22.6 Å². The molecule has 0 saturated heterocycles. The third-order valence-electron chi connectivity index (χ3n) is 15.1. The normalized spacial score (nSPS) is 15.1. The Hall–Kier alpha value is -7.07. The molecule has 0 fully saturated rings. The van der Waals surface area contributed by atoms with Crippen LogP contribution in [0.2, 0.25) is 0 Å². The average molecular weight is 983 g/mol. The van der Waals surface area contributed by atoms with Crippen molar-refractivity contribution in [3.05, 3.63) is 306 Å². The molecule has 0 heterocycles. The standard InChI is InChI=1S/C67H51I/c1-43-16-26-48(27-17-43)50-41-51(64-58-10-5-7-13-60(58)67(63(64)42-50,53-32-20-45(3)21-33-53)54-34-22-46(4)23-35-54)40-47-24-36-55(37-25-47)66(52-30-18-44(2)19-31-52)61-14-8-6-11-59(61)65-57(12-9-15-62(65)66)49-28-38-56(68)39-29-49/h5-39,41-42H,40H2,1-4H3. The zero-order valence-electron chi connectivity index (χ0n) is 38.9. The molecular weight excluding hydrogens is 932 g/mol. The molecule has 1 unspecified atom stereocenters. The molecule has 10 aromatic carbocycles. The predicted octanol–water partition coefficient (Wildman–Crippen LogP) is 17.2. The summed E-state index contributed by atoms with van der Waals surface area (Å²) in [5.74, 6) is 0. The SMILES string of the molecule is Cc1ccc(-c2cc(Cc3ccc(C4(c5ccc(C)cc5)c5ccccc5-c5c(-c6ccc(I)cc6)cccc54)cc3)c3c(c2)C(c2ccc(C)cc2)(c2ccc(C)cc2)c2ccccc2-3)cc1. The van der Waals surface area contributed by atoms with Gasteiger partial charge in [-0.1, -0.05) is 229 Å². The Bertz CT molecular complexity index is 3480. The maximum atomic E-state index is 2.51. The summed E-state index contributed by atoms with van der Waals surface area (Å²) in [7, 11) is 0. The Morgan fingerprint density at radius 3 is 1.26 bits per heavy atom. The largest absolute Gasteiger partial charge is 0.0713 e. The van der Waals surface area contributed by atoms with Crippen LogP contribution in [0.15, 0.2) is 224 Å². The monoisotopic (exact) mass is 982 g/mol. The summed E-state index contributed by atoms with van der Waals surface area (Å²) in [6.07, 6.45) is 0.788. The summed E-state index contributed by atoms with van der Waals surface area (Å²) in [4.78, 5) is 0. The van der Waals surface area contributed by atoms with Crippen LogP contribution in [0.4, 0.5) is 0 Å². The van der Waals surface area contributed by atoms with Gasteiger partial charge in [0.15, 0.2) is 0 Å². The van der Waals surface area contributed by atoms with Gasteiger partial charge in [-0.3, -0.25) is 0 Å². The summed E-state index contributed by atoms with van der Waals surface area (Å²) < 4.78 is 1.24. The molecule has 1 atom stereocenters. The van der Waals surface area contributed by atoms with Gasteiger partial charge in [-0.05, 0) is 175 Å². The minimum atomic E-state index is -0.509. The van der Waals surface area contributed by atoms with Gasteiger partial charge in [-0.25, -0.2) is 0 Å². The lowest BCUT2D eigenvalue weighted by Gasteiger charge is -2.34. The second-order valence-corrected chi connectivity index (χ2v) is 20.5. The van der Waals surface area contributed by atoms with E-state index in [9.17, 15) is 0 Å². The quantitative estimate of drug-likeness (QED) is 0.133. The van der Waals surface area contributed by atoms with E-state index >= 15 is 0 Å². The van der Waals surface area contributed by atoms with E-state index in [1.165, 1.54) is 126 Å². The van der Waals surface area contributed by atoms with E-state index < -0.39 is 10.8 Å². The molecule has 0 nitrogen and oxygen atoms in total. The molecule has 68 heavy (non-hydrogen) atoms. The summed E-state index contributed by atoms with van der Waals surface area (Å²) in [5.41, 5.74) is 27.4. The van der Waals surface area contributed by atoms with Crippen LogP contribution in [-0.2, 0) is 17.3 Å². The van der Waals surface area contributed by atoms with Crippen molar-refractivity contribution in [2.75, 3.05) is 0 Å². The van der Waals surface area contributed by atoms with Crippen molar-refractivity contribution in [1.82, 2.24) is 0 Å². The van der Waals surface area contributed by atoms with E-state index in [0.717, 1.165) is 6.42 Å². The second kappa shape index (κ2) is 16.6. The minimum Gasteiger partial charge on any atom is -0.0619 e. The third-order valence-corrected chi connectivity index (χ3v) is 15.8. The molecule has 0 amide bonds. The Balaban J connectivity index is 1.06. The summed E-state index contributed by atoms with van der Waals surface area (Å²) in [6, 6.07) is 85.9. The molecule has 0 saturated carbocycles. The van der Waals surface area contributed by atoms with Gasteiger partial charge >= 0.3 is 0 Å². The fourth-order valence-corrected chi connectivity index (χ4v) is 12.2. The first-order chi connectivity index (χ1) is 33.2. The summed E-state index contributed by atoms with van der Waals surface area (Å²) in [6.45, 7) is 8.73. The number of hydrogen-bond donors (Lipinski definition) is 0. The highest BCUT2D eigenvalue weighted by Gasteiger charge is 2.48. The van der Waals surface area contributed by atoms with E-state index in [0.29, 0.717) is 0 Å². The lowest BCUT2D eigenvalue weighted by atomic mass is 9.67. The van der Waals surface area contributed by atoms with Crippen LogP contribution < -0.4 is 0 Å². The van der Waals surface area contributed by atoms with Crippen LogP contribution in [0.1, 0.15) is 77.9 Å². The Labute approximate surface area is 415 Å². The van der Waals surface area contributed by atoms with Gasteiger partial charge in [-0.15, -0.1) is 0 Å². The summed E-state index contributed by atoms with van der Waals surface area (Å²) in [5, 5.41) is 0. The maximum absolute atomic E-state index is 2.51. The molecule has 0 radical (unpaired) electrons. The topological polar surface area (TPSA) is 0 Å². The van der Waals surface area contributed by atoms with E-state index in [1.54, 1.807) is 0 Å². The number of aryl methyl sites for hydroxylation is 4. The number of halogens is 1. The molecule has 12 rings (SSSR count). The fourth-order valence-electron chi connectivity index (χ4n) is 11.8. The highest BCUT2D eigenvalue weighted by Crippen LogP contribution is 2.60. The minimum absolute atomic E-state index is 0.507. The van der Waals surface area contributed by atoms with Crippen molar-refractivity contribution in [1.29, 1.82) is 0 Å². The third kappa shape index (κ3) is 6.61. The van der Waals surface area contributed by atoms with Crippen molar-refractivity contribution in [3.8, 4) is 44.5 Å². The van der Waals surface area contributed by atoms with Gasteiger partial charge in [0.2, 0.25) is 0 Å². The first-order valence-corrected chi connectivity index (χ1v) is 25.0. The average Bonchev–Trinajstić information content (AvgIpc) is 3.84. The van der Waals surface area contributed by atoms with Crippen molar-refractivity contribution >= 4 is 22.6 Å². The number of hydrogen-bond acceptors (Lipinski definition) is 0. The van der Waals surface area contributed by atoms with Gasteiger partial charge in [-0.2, -0.15) is 0 Å². The molecule has 0 N–H and O–H groups in total. The maximum Gasteiger partial charge on any atom is 0.0713 e. The zero-order valence-corrected chi connectivity index (χ0v) is 41.1. The van der Waals surface area contributed by atoms with E-state index in [4.69, 9.17) is 0 Å². The van der Waals surface area contributed by atoms with Crippen LogP contribution in [-0.4, -0.2) is 0 Å². The molecule has 1 heteroatoms. The molecule has 0 aliphatic heterocycles. The van der Waals surface area contributed by atoms with Crippen molar-refractivity contribution in [2.24, 2.45) is 0 Å². The van der Waals surface area contributed by atoms with Crippen molar-refractivity contribution in [2.45, 2.75) is 44.9 Å². The first-order valence-electron chi connectivity index (χ1n) is 23.9. The smallest absolute Gasteiger partial charge is 0.0619 e. The van der Waals surface area contributed by atoms with Gasteiger partial charge in [0.05, 0.1) is 10.8 Å². The zero-order chi connectivity index (χ0) is 46.1. The molecule has 0 bridgehead atoms. The molecule has 0 spiro atoms. The Kier molecular flexibility index (Phi) is 10.3. The van der Waals surface area contributed by atoms with Crippen LogP contribution in [0, 0.1) is 31.3 Å². The Morgan fingerprint density at radius 1 is 0.324 bits per heavy atom. The van der Waals surface area contributed by atoms with Gasteiger partial charge in [0, 0.05) is 3.57 Å². The second-order valence-electron chi connectivity index (χ2n) is 19.2. The molecule has 0 aromatic heterocycles. The van der Waals surface area contributed by atoms with Gasteiger partial charge in [0.1, 0.15) is 0 Å². The molecule has 2 aliphatic rings. The van der Waals surface area contributed by atoms with Crippen molar-refractivity contribution in [3.63, 3.8) is 0 Å². The highest BCUT2D eigenvalue weighted by molar-refractivity contribution is 14.1. The van der Waals surface area contributed by atoms with Crippen LogP contribution in [0.25, 0.3) is 44.5 Å². The highest BCUT2D eigenvalue weighted by atomic mass is 127. The predicted molar refractivity (Wildman–Crippen MR) is 293 cm³/mol. The van der Waals surface area contributed by atoms with Crippen molar-refractivity contribution < 1.29 is 0 Å². The van der Waals surface area contributed by atoms with E-state index in [1.807, 2.05) is 0 Å². The van der Waals surface area contributed by atoms with Gasteiger partial charge in [0.25, 0.3) is 0 Å². The molecular formula is C67H51I. The van der Waals surface area contributed by atoms with E-state index in [2.05, 4.69) is 275 Å². The lowest BCUT2D eigenvalue weighted by molar-refractivity contribution is 0.766. The first kappa shape index (κ1) is 42.3. The lowest BCUT2D eigenvalue weighted by Crippen LogP contribution is -2.28. The number of rotatable bonds is 8. The van der Waals surface area contributed by atoms with Crippen LogP contribution in [0.5, 0.6) is 0 Å². The molecule has 10 aromatic rings. The fraction of sp³-hybridized carbons (Fsp3) is 0.104. The summed E-state index contributed by atoms with van der Waals surface area (Å²) >= 11 is 2.41. The molecule has 326 valence electrons. The van der Waals surface area contributed by atoms with Crippen LogP contribution in [0.3, 0.4) is 0 Å².